The van der Waals surface area contributed by atoms with Crippen LogP contribution >= 0.6 is 11.6 Å². The Labute approximate surface area is 122 Å². The Morgan fingerprint density at radius 2 is 2.14 bits per heavy atom. The van der Waals surface area contributed by atoms with Crippen LogP contribution in [-0.2, 0) is 4.74 Å². The maximum absolute atomic E-state index is 13.6. The van der Waals surface area contributed by atoms with E-state index in [1.807, 2.05) is 0 Å². The molecule has 0 N–H and O–H groups in total. The van der Waals surface area contributed by atoms with E-state index in [4.69, 9.17) is 11.6 Å². The normalized spacial score (nSPS) is 10.2. The van der Waals surface area contributed by atoms with Gasteiger partial charge in [-0.05, 0) is 29.8 Å². The number of esters is 1. The standard InChI is InChI=1S/C12H7ClFN3O4/c1-21-11(18)7-2-6(3-8(14)4-7)10-9(17(19)20)5-15-12(13)16-10/h2-5H,1H3. The fraction of sp³-hybridized carbons (Fsp3) is 0.0833. The van der Waals surface area contributed by atoms with E-state index in [0.717, 1.165) is 25.4 Å². The Morgan fingerprint density at radius 3 is 2.76 bits per heavy atom. The minimum atomic E-state index is -0.779. The van der Waals surface area contributed by atoms with Crippen LogP contribution in [0.25, 0.3) is 11.3 Å². The summed E-state index contributed by atoms with van der Waals surface area (Å²) >= 11 is 5.61. The zero-order valence-corrected chi connectivity index (χ0v) is 11.3. The average Bonchev–Trinajstić information content (AvgIpc) is 2.45. The Bertz CT molecular complexity index is 738. The molecule has 0 aliphatic carbocycles. The molecule has 2 rings (SSSR count). The molecule has 0 saturated carbocycles. The molecule has 21 heavy (non-hydrogen) atoms. The van der Waals surface area contributed by atoms with Crippen molar-refractivity contribution in [3.05, 3.63) is 51.2 Å². The highest BCUT2D eigenvalue weighted by molar-refractivity contribution is 6.28. The van der Waals surface area contributed by atoms with Crippen LogP contribution in [-0.4, -0.2) is 28.0 Å². The van der Waals surface area contributed by atoms with Crippen molar-refractivity contribution in [3.8, 4) is 11.3 Å². The van der Waals surface area contributed by atoms with E-state index < -0.39 is 22.4 Å². The van der Waals surface area contributed by atoms with Gasteiger partial charge in [0.2, 0.25) is 5.28 Å². The topological polar surface area (TPSA) is 95.2 Å². The van der Waals surface area contributed by atoms with Gasteiger partial charge in [-0.25, -0.2) is 19.2 Å². The minimum Gasteiger partial charge on any atom is -0.465 e. The van der Waals surface area contributed by atoms with Gasteiger partial charge in [0, 0.05) is 5.56 Å². The van der Waals surface area contributed by atoms with Gasteiger partial charge in [0.15, 0.2) is 5.69 Å². The molecule has 1 aromatic heterocycles. The molecule has 0 bridgehead atoms. The van der Waals surface area contributed by atoms with Gasteiger partial charge in [0.05, 0.1) is 17.6 Å². The molecule has 0 unspecified atom stereocenters. The number of nitrogens with zero attached hydrogens (tertiary/aromatic N) is 3. The first-order valence-corrected chi connectivity index (χ1v) is 5.86. The Kier molecular flexibility index (Phi) is 4.08. The van der Waals surface area contributed by atoms with Crippen molar-refractivity contribution in [3.63, 3.8) is 0 Å². The van der Waals surface area contributed by atoms with Gasteiger partial charge < -0.3 is 4.74 Å². The molecule has 0 aliphatic rings. The summed E-state index contributed by atoms with van der Waals surface area (Å²) < 4.78 is 18.1. The summed E-state index contributed by atoms with van der Waals surface area (Å²) in [6.07, 6.45) is 0.910. The van der Waals surface area contributed by atoms with Gasteiger partial charge in [-0.3, -0.25) is 10.1 Å². The number of ether oxygens (including phenoxy) is 1. The number of methoxy groups -OCH3 is 1. The molecule has 0 fully saturated rings. The molecule has 1 aromatic carbocycles. The van der Waals surface area contributed by atoms with Crippen molar-refractivity contribution in [2.24, 2.45) is 0 Å². The number of benzene rings is 1. The summed E-state index contributed by atoms with van der Waals surface area (Å²) in [5.41, 5.74) is -0.728. The van der Waals surface area contributed by atoms with Crippen LogP contribution in [0.4, 0.5) is 10.1 Å². The van der Waals surface area contributed by atoms with E-state index in [2.05, 4.69) is 14.7 Å². The molecule has 0 radical (unpaired) electrons. The number of rotatable bonds is 3. The van der Waals surface area contributed by atoms with Gasteiger partial charge in [0.25, 0.3) is 0 Å². The minimum absolute atomic E-state index is 0.0198. The first-order valence-electron chi connectivity index (χ1n) is 5.48. The number of aromatic nitrogens is 2. The van der Waals surface area contributed by atoms with Crippen molar-refractivity contribution in [1.82, 2.24) is 9.97 Å². The number of hydrogen-bond donors (Lipinski definition) is 0. The number of carbonyl (C=O) groups excluding carboxylic acids is 1. The van der Waals surface area contributed by atoms with Crippen LogP contribution < -0.4 is 0 Å². The summed E-state index contributed by atoms with van der Waals surface area (Å²) in [6.45, 7) is 0. The lowest BCUT2D eigenvalue weighted by Gasteiger charge is -2.05. The lowest BCUT2D eigenvalue weighted by atomic mass is 10.1. The molecule has 2 aromatic rings. The lowest BCUT2D eigenvalue weighted by molar-refractivity contribution is -0.384. The van der Waals surface area contributed by atoms with Crippen LogP contribution in [0.1, 0.15) is 10.4 Å². The first kappa shape index (κ1) is 14.8. The number of nitro groups is 1. The molecular weight excluding hydrogens is 305 g/mol. The van der Waals surface area contributed by atoms with E-state index >= 15 is 0 Å². The molecule has 1 heterocycles. The fourth-order valence-corrected chi connectivity index (χ4v) is 1.80. The highest BCUT2D eigenvalue weighted by atomic mass is 35.5. The second kappa shape index (κ2) is 5.80. The second-order valence-corrected chi connectivity index (χ2v) is 4.19. The molecule has 0 saturated heterocycles. The molecule has 0 aliphatic heterocycles. The van der Waals surface area contributed by atoms with E-state index in [1.54, 1.807) is 0 Å². The van der Waals surface area contributed by atoms with Gasteiger partial charge in [0.1, 0.15) is 12.0 Å². The highest BCUT2D eigenvalue weighted by Crippen LogP contribution is 2.29. The largest absolute Gasteiger partial charge is 0.465 e. The molecular formula is C12H7ClFN3O4. The Balaban J connectivity index is 2.66. The first-order chi connectivity index (χ1) is 9.92. The maximum atomic E-state index is 13.6. The van der Waals surface area contributed by atoms with Crippen molar-refractivity contribution >= 4 is 23.3 Å². The number of hydrogen-bond acceptors (Lipinski definition) is 6. The average molecular weight is 312 g/mol. The Hall–Kier alpha value is -2.61. The summed E-state index contributed by atoms with van der Waals surface area (Å²) in [5.74, 6) is -1.55. The highest BCUT2D eigenvalue weighted by Gasteiger charge is 2.20. The molecule has 108 valence electrons. The van der Waals surface area contributed by atoms with E-state index in [-0.39, 0.29) is 22.1 Å². The SMILES string of the molecule is COC(=O)c1cc(F)cc(-c2nc(Cl)ncc2[N+](=O)[O-])c1. The molecule has 0 atom stereocenters. The van der Waals surface area contributed by atoms with Gasteiger partial charge in [-0.15, -0.1) is 0 Å². The summed E-state index contributed by atoms with van der Waals surface area (Å²) in [6, 6.07) is 3.17. The summed E-state index contributed by atoms with van der Waals surface area (Å²) in [5, 5.41) is 10.7. The van der Waals surface area contributed by atoms with Crippen molar-refractivity contribution in [2.75, 3.05) is 7.11 Å². The monoisotopic (exact) mass is 311 g/mol. The van der Waals surface area contributed by atoms with Gasteiger partial charge >= 0.3 is 11.7 Å². The zero-order valence-electron chi connectivity index (χ0n) is 10.5. The summed E-state index contributed by atoms with van der Waals surface area (Å²) in [7, 11) is 1.14. The number of carbonyl (C=O) groups is 1. The predicted octanol–water partition coefficient (Wildman–Crippen LogP) is 2.63. The third-order valence-electron chi connectivity index (χ3n) is 2.53. The fourth-order valence-electron chi connectivity index (χ4n) is 1.66. The quantitative estimate of drug-likeness (QED) is 0.374. The summed E-state index contributed by atoms with van der Waals surface area (Å²) in [4.78, 5) is 28.9. The molecule has 9 heteroatoms. The van der Waals surface area contributed by atoms with Crippen molar-refractivity contribution in [2.45, 2.75) is 0 Å². The van der Waals surface area contributed by atoms with E-state index in [9.17, 15) is 19.3 Å². The van der Waals surface area contributed by atoms with E-state index in [1.165, 1.54) is 6.07 Å². The molecule has 0 amide bonds. The van der Waals surface area contributed by atoms with Crippen LogP contribution in [0.2, 0.25) is 5.28 Å². The van der Waals surface area contributed by atoms with Crippen LogP contribution in [0, 0.1) is 15.9 Å². The Morgan fingerprint density at radius 1 is 1.43 bits per heavy atom. The van der Waals surface area contributed by atoms with Crippen LogP contribution in [0.3, 0.4) is 0 Å². The second-order valence-electron chi connectivity index (χ2n) is 3.85. The zero-order chi connectivity index (χ0) is 15.6. The van der Waals surface area contributed by atoms with Crippen molar-refractivity contribution < 1.29 is 18.8 Å². The van der Waals surface area contributed by atoms with Gasteiger partial charge in [-0.1, -0.05) is 0 Å². The molecule has 7 nitrogen and oxygen atoms in total. The van der Waals surface area contributed by atoms with Crippen LogP contribution in [0.15, 0.2) is 24.4 Å². The predicted molar refractivity (Wildman–Crippen MR) is 70.4 cm³/mol. The van der Waals surface area contributed by atoms with Gasteiger partial charge in [-0.2, -0.15) is 0 Å². The lowest BCUT2D eigenvalue weighted by Crippen LogP contribution is -2.03. The van der Waals surface area contributed by atoms with E-state index in [0.29, 0.717) is 0 Å². The third kappa shape index (κ3) is 3.11. The number of halogens is 2. The smallest absolute Gasteiger partial charge is 0.337 e. The van der Waals surface area contributed by atoms with Crippen LogP contribution in [0.5, 0.6) is 0 Å². The maximum Gasteiger partial charge on any atom is 0.337 e. The third-order valence-corrected chi connectivity index (χ3v) is 2.71. The molecule has 0 spiro atoms. The van der Waals surface area contributed by atoms with Crippen molar-refractivity contribution in [1.29, 1.82) is 0 Å².